The molecule has 0 saturated carbocycles. The van der Waals surface area contributed by atoms with Crippen molar-refractivity contribution in [1.29, 1.82) is 0 Å². The van der Waals surface area contributed by atoms with Crippen molar-refractivity contribution in [3.63, 3.8) is 0 Å². The number of esters is 1. The summed E-state index contributed by atoms with van der Waals surface area (Å²) in [5.41, 5.74) is 3.38. The van der Waals surface area contributed by atoms with Crippen LogP contribution >= 0.6 is 22.6 Å². The standard InChI is InChI=1S/C23H27IO4/c1-4-26-22(23(25)27-5-2)16-18-6-12-21(13-7-18)28-15-14-17(3)19-8-10-20(24)11-9-19/h6-14,22H,4-5,15-16H2,1-3H3/b17-14+/t22-/m0/s1. The van der Waals surface area contributed by atoms with Crippen LogP contribution in [0.3, 0.4) is 0 Å². The minimum absolute atomic E-state index is 0.319. The fraction of sp³-hybridized carbons (Fsp3) is 0.348. The summed E-state index contributed by atoms with van der Waals surface area (Å²) in [6.45, 7) is 7.07. The van der Waals surface area contributed by atoms with E-state index in [4.69, 9.17) is 14.2 Å². The lowest BCUT2D eigenvalue weighted by atomic mass is 10.1. The van der Waals surface area contributed by atoms with Gasteiger partial charge >= 0.3 is 5.97 Å². The van der Waals surface area contributed by atoms with Crippen LogP contribution in [-0.4, -0.2) is 31.9 Å². The van der Waals surface area contributed by atoms with Gasteiger partial charge in [0.2, 0.25) is 0 Å². The second kappa shape index (κ2) is 11.9. The molecule has 0 heterocycles. The number of benzene rings is 2. The largest absolute Gasteiger partial charge is 0.490 e. The molecule has 0 unspecified atom stereocenters. The molecule has 2 rings (SSSR count). The molecule has 0 fully saturated rings. The van der Waals surface area contributed by atoms with Crippen LogP contribution in [0.5, 0.6) is 5.75 Å². The first kappa shape index (κ1) is 22.4. The molecule has 0 bridgehead atoms. The van der Waals surface area contributed by atoms with E-state index in [-0.39, 0.29) is 5.97 Å². The van der Waals surface area contributed by atoms with Gasteiger partial charge in [-0.1, -0.05) is 24.3 Å². The monoisotopic (exact) mass is 494 g/mol. The van der Waals surface area contributed by atoms with Gasteiger partial charge in [-0.15, -0.1) is 0 Å². The summed E-state index contributed by atoms with van der Waals surface area (Å²) >= 11 is 2.30. The Bertz CT molecular complexity index is 766. The molecule has 0 spiro atoms. The number of halogens is 1. The minimum Gasteiger partial charge on any atom is -0.490 e. The molecule has 4 nitrogen and oxygen atoms in total. The van der Waals surface area contributed by atoms with E-state index in [1.54, 1.807) is 6.92 Å². The molecule has 0 N–H and O–H groups in total. The van der Waals surface area contributed by atoms with Gasteiger partial charge in [-0.2, -0.15) is 0 Å². The first-order chi connectivity index (χ1) is 13.5. The van der Waals surface area contributed by atoms with Gasteiger partial charge in [-0.3, -0.25) is 0 Å². The smallest absolute Gasteiger partial charge is 0.335 e. The first-order valence-electron chi connectivity index (χ1n) is 9.46. The predicted molar refractivity (Wildman–Crippen MR) is 120 cm³/mol. The lowest BCUT2D eigenvalue weighted by Gasteiger charge is -2.15. The van der Waals surface area contributed by atoms with Crippen LogP contribution < -0.4 is 4.74 Å². The maximum Gasteiger partial charge on any atom is 0.335 e. The number of rotatable bonds is 10. The Hall–Kier alpha value is -1.86. The molecule has 0 radical (unpaired) electrons. The highest BCUT2D eigenvalue weighted by Crippen LogP contribution is 2.18. The Balaban J connectivity index is 1.90. The zero-order chi connectivity index (χ0) is 20.4. The summed E-state index contributed by atoms with van der Waals surface area (Å²) in [6.07, 6.45) is 1.98. The summed E-state index contributed by atoms with van der Waals surface area (Å²) in [5, 5.41) is 0. The number of allylic oxidation sites excluding steroid dienone is 1. The normalized spacial score (nSPS) is 12.5. The van der Waals surface area contributed by atoms with Crippen molar-refractivity contribution >= 4 is 34.1 Å². The average molecular weight is 494 g/mol. The van der Waals surface area contributed by atoms with Gasteiger partial charge in [-0.05, 0) is 90.4 Å². The van der Waals surface area contributed by atoms with Gasteiger partial charge in [0.15, 0.2) is 6.10 Å². The van der Waals surface area contributed by atoms with Gasteiger partial charge in [0, 0.05) is 16.6 Å². The number of ether oxygens (including phenoxy) is 3. The van der Waals surface area contributed by atoms with Crippen molar-refractivity contribution in [3.8, 4) is 5.75 Å². The third-order valence-electron chi connectivity index (χ3n) is 4.20. The second-order valence-electron chi connectivity index (χ2n) is 6.25. The maximum atomic E-state index is 12.0. The average Bonchev–Trinajstić information content (AvgIpc) is 2.69. The van der Waals surface area contributed by atoms with Crippen LogP contribution in [0.2, 0.25) is 0 Å². The zero-order valence-electron chi connectivity index (χ0n) is 16.6. The van der Waals surface area contributed by atoms with E-state index in [2.05, 4.69) is 59.9 Å². The Morgan fingerprint density at radius 3 is 2.32 bits per heavy atom. The summed E-state index contributed by atoms with van der Waals surface area (Å²) in [4.78, 5) is 12.0. The SMILES string of the molecule is CCOC(=O)[C@H](Cc1ccc(OC/C=C(\C)c2ccc(I)cc2)cc1)OCC. The van der Waals surface area contributed by atoms with Crippen molar-refractivity contribution in [2.75, 3.05) is 19.8 Å². The molecule has 0 aliphatic carbocycles. The molecule has 150 valence electrons. The maximum absolute atomic E-state index is 12.0. The summed E-state index contributed by atoms with van der Waals surface area (Å²) in [5.74, 6) is 0.473. The molecule has 1 atom stereocenters. The molecule has 0 aromatic heterocycles. The number of hydrogen-bond donors (Lipinski definition) is 0. The van der Waals surface area contributed by atoms with Crippen molar-refractivity contribution in [2.24, 2.45) is 0 Å². The highest BCUT2D eigenvalue weighted by molar-refractivity contribution is 14.1. The molecular formula is C23H27IO4. The molecule has 0 amide bonds. The zero-order valence-corrected chi connectivity index (χ0v) is 18.8. The highest BCUT2D eigenvalue weighted by atomic mass is 127. The number of hydrogen-bond acceptors (Lipinski definition) is 4. The van der Waals surface area contributed by atoms with E-state index < -0.39 is 6.10 Å². The molecule has 0 saturated heterocycles. The van der Waals surface area contributed by atoms with E-state index in [0.29, 0.717) is 26.2 Å². The Morgan fingerprint density at radius 1 is 1.04 bits per heavy atom. The Morgan fingerprint density at radius 2 is 1.71 bits per heavy atom. The van der Waals surface area contributed by atoms with Gasteiger partial charge in [0.1, 0.15) is 12.4 Å². The topological polar surface area (TPSA) is 44.8 Å². The lowest BCUT2D eigenvalue weighted by Crippen LogP contribution is -2.28. The van der Waals surface area contributed by atoms with Gasteiger partial charge in [-0.25, -0.2) is 4.79 Å². The highest BCUT2D eigenvalue weighted by Gasteiger charge is 2.20. The molecule has 5 heteroatoms. The number of carbonyl (C=O) groups is 1. The van der Waals surface area contributed by atoms with Gasteiger partial charge in [0.25, 0.3) is 0 Å². The fourth-order valence-corrected chi connectivity index (χ4v) is 3.04. The van der Waals surface area contributed by atoms with Crippen LogP contribution in [0.4, 0.5) is 0 Å². The van der Waals surface area contributed by atoms with E-state index in [0.717, 1.165) is 11.3 Å². The lowest BCUT2D eigenvalue weighted by molar-refractivity contribution is -0.156. The minimum atomic E-state index is -0.573. The summed E-state index contributed by atoms with van der Waals surface area (Å²) in [7, 11) is 0. The van der Waals surface area contributed by atoms with Gasteiger partial charge in [0.05, 0.1) is 6.61 Å². The quantitative estimate of drug-likeness (QED) is 0.333. The third-order valence-corrected chi connectivity index (χ3v) is 4.92. The van der Waals surface area contributed by atoms with E-state index in [1.165, 1.54) is 14.7 Å². The molecule has 0 aliphatic heterocycles. The van der Waals surface area contributed by atoms with Gasteiger partial charge < -0.3 is 14.2 Å². The van der Waals surface area contributed by atoms with Crippen molar-refractivity contribution in [1.82, 2.24) is 0 Å². The summed E-state index contributed by atoms with van der Waals surface area (Å²) in [6, 6.07) is 16.2. The summed E-state index contributed by atoms with van der Waals surface area (Å²) < 4.78 is 17.6. The molecular weight excluding hydrogens is 467 g/mol. The van der Waals surface area contributed by atoms with Crippen molar-refractivity contribution in [2.45, 2.75) is 33.3 Å². The van der Waals surface area contributed by atoms with E-state index >= 15 is 0 Å². The van der Waals surface area contributed by atoms with Crippen molar-refractivity contribution < 1.29 is 19.0 Å². The third kappa shape index (κ3) is 7.28. The molecule has 2 aromatic carbocycles. The molecule has 28 heavy (non-hydrogen) atoms. The molecule has 2 aromatic rings. The van der Waals surface area contributed by atoms with Crippen LogP contribution in [0.25, 0.3) is 5.57 Å². The van der Waals surface area contributed by atoms with Crippen molar-refractivity contribution in [3.05, 3.63) is 69.3 Å². The number of carbonyl (C=O) groups excluding carboxylic acids is 1. The van der Waals surface area contributed by atoms with E-state index in [1.807, 2.05) is 31.2 Å². The first-order valence-corrected chi connectivity index (χ1v) is 10.5. The molecule has 0 aliphatic rings. The van der Waals surface area contributed by atoms with Crippen LogP contribution in [0, 0.1) is 3.57 Å². The van der Waals surface area contributed by atoms with Crippen LogP contribution in [0.1, 0.15) is 31.9 Å². The van der Waals surface area contributed by atoms with Crippen LogP contribution in [-0.2, 0) is 20.7 Å². The Labute approximate surface area is 181 Å². The van der Waals surface area contributed by atoms with Crippen LogP contribution in [0.15, 0.2) is 54.6 Å². The Kier molecular flexibility index (Phi) is 9.50. The predicted octanol–water partition coefficient (Wildman–Crippen LogP) is 5.28. The fourth-order valence-electron chi connectivity index (χ4n) is 2.68. The van der Waals surface area contributed by atoms with E-state index in [9.17, 15) is 4.79 Å². The second-order valence-corrected chi connectivity index (χ2v) is 7.49.